The zero-order valence-corrected chi connectivity index (χ0v) is 40.9. The zero-order chi connectivity index (χ0) is 46.0. The maximum atomic E-state index is 13.2. The van der Waals surface area contributed by atoms with E-state index in [9.17, 15) is 14.4 Å². The first kappa shape index (κ1) is 53.4. The lowest BCUT2D eigenvalue weighted by atomic mass is 9.90. The van der Waals surface area contributed by atoms with Crippen molar-refractivity contribution in [1.82, 2.24) is 0 Å². The molecular weight excluding hydrogens is 805 g/mol. The number of esters is 3. The van der Waals surface area contributed by atoms with Crippen LogP contribution in [0, 0.1) is 0 Å². The fourth-order valence-corrected chi connectivity index (χ4v) is 8.99. The Labute approximate surface area is 394 Å². The van der Waals surface area contributed by atoms with Gasteiger partial charge in [0.1, 0.15) is 13.2 Å². The van der Waals surface area contributed by atoms with E-state index >= 15 is 0 Å². The topological polar surface area (TPSA) is 78.9 Å². The van der Waals surface area contributed by atoms with Crippen LogP contribution in [0.15, 0.2) is 78.9 Å². The molecule has 0 heterocycles. The number of carbonyl (C=O) groups excluding carboxylic acids is 3. The van der Waals surface area contributed by atoms with E-state index in [0.29, 0.717) is 19.3 Å². The van der Waals surface area contributed by atoms with Gasteiger partial charge in [0, 0.05) is 19.3 Å². The molecule has 358 valence electrons. The monoisotopic (exact) mass is 891 g/mol. The Kier molecular flexibility index (Phi) is 28.1. The third-order valence-electron chi connectivity index (χ3n) is 12.9. The number of rotatable bonds is 39. The van der Waals surface area contributed by atoms with E-state index in [-0.39, 0.29) is 37.5 Å². The zero-order valence-electron chi connectivity index (χ0n) is 40.9. The van der Waals surface area contributed by atoms with E-state index in [0.717, 1.165) is 70.6 Å². The Morgan fingerprint density at radius 2 is 0.831 bits per heavy atom. The number of hydrogen-bond acceptors (Lipinski definition) is 6. The van der Waals surface area contributed by atoms with E-state index in [1.807, 2.05) is 0 Å². The molecule has 0 spiro atoms. The average Bonchev–Trinajstić information content (AvgIpc) is 3.31. The molecule has 0 aliphatic rings. The summed E-state index contributed by atoms with van der Waals surface area (Å²) in [6.07, 6.45) is 41.8. The van der Waals surface area contributed by atoms with Gasteiger partial charge in [-0.2, -0.15) is 0 Å². The third-order valence-corrected chi connectivity index (χ3v) is 12.9. The Morgan fingerprint density at radius 1 is 0.431 bits per heavy atom. The molecule has 0 aliphatic carbocycles. The molecule has 0 aliphatic heterocycles. The van der Waals surface area contributed by atoms with Crippen LogP contribution in [0.5, 0.6) is 0 Å². The standard InChI is InChI=1S/C59H86O6/c1-3-5-7-9-11-13-15-17-19-21-23-25-27-29-31-38-55(60)63-47-53(48-64-56(61)39-32-30-28-26-24-22-20-18-16-14-12-10-8-6-4-2)65-57(62)40-34-35-49-41-42-52-44-43-50-36-33-37-51-45-46-54(49)59(52)58(50)51/h17-20,33,36-37,41-46,53H,3-16,21-32,34-35,38-40,47-48H2,1-2H3/b19-17-,20-18-. The molecule has 0 radical (unpaired) electrons. The number of aryl methyl sites for hydroxylation is 1. The molecule has 4 aromatic rings. The predicted molar refractivity (Wildman–Crippen MR) is 274 cm³/mol. The van der Waals surface area contributed by atoms with Crippen molar-refractivity contribution in [2.24, 2.45) is 0 Å². The third kappa shape index (κ3) is 22.2. The number of benzene rings is 4. The molecule has 0 saturated carbocycles. The average molecular weight is 891 g/mol. The van der Waals surface area contributed by atoms with Gasteiger partial charge in [-0.05, 0) is 115 Å². The van der Waals surface area contributed by atoms with Crippen LogP contribution in [0.3, 0.4) is 0 Å². The molecule has 0 saturated heterocycles. The lowest BCUT2D eigenvalue weighted by molar-refractivity contribution is -0.167. The maximum Gasteiger partial charge on any atom is 0.306 e. The van der Waals surface area contributed by atoms with Gasteiger partial charge in [0.25, 0.3) is 0 Å². The first-order valence-corrected chi connectivity index (χ1v) is 26.5. The van der Waals surface area contributed by atoms with E-state index in [1.165, 1.54) is 141 Å². The fraction of sp³-hybridized carbons (Fsp3) is 0.610. The van der Waals surface area contributed by atoms with Crippen LogP contribution in [0.2, 0.25) is 0 Å². The normalized spacial score (nSPS) is 11.9. The summed E-state index contributed by atoms with van der Waals surface area (Å²) in [6.45, 7) is 4.28. The van der Waals surface area contributed by atoms with Crippen LogP contribution < -0.4 is 0 Å². The largest absolute Gasteiger partial charge is 0.462 e. The molecular formula is C59H86O6. The van der Waals surface area contributed by atoms with E-state index in [1.54, 1.807) is 0 Å². The van der Waals surface area contributed by atoms with Crippen LogP contribution in [0.4, 0.5) is 0 Å². The molecule has 0 N–H and O–H groups in total. The Bertz CT molecular complexity index is 1870. The number of ether oxygens (including phenoxy) is 3. The van der Waals surface area contributed by atoms with Crippen molar-refractivity contribution >= 4 is 50.2 Å². The summed E-state index contributed by atoms with van der Waals surface area (Å²) < 4.78 is 17.0. The molecule has 0 amide bonds. The summed E-state index contributed by atoms with van der Waals surface area (Å²) in [7, 11) is 0. The van der Waals surface area contributed by atoms with Gasteiger partial charge < -0.3 is 14.2 Å². The SMILES string of the molecule is CCCCCCCC/C=C\CCCCCCCC(=O)OCC(COC(=O)CCCCCCC/C=C\CCCCCCCC)OC(=O)CCCc1ccc2ccc3cccc4ccc1c2c34. The summed E-state index contributed by atoms with van der Waals surface area (Å²) in [5.74, 6) is -0.996. The molecule has 0 aromatic heterocycles. The van der Waals surface area contributed by atoms with Crippen LogP contribution in [0.1, 0.15) is 212 Å². The van der Waals surface area contributed by atoms with Crippen LogP contribution in [-0.2, 0) is 35.0 Å². The minimum Gasteiger partial charge on any atom is -0.462 e. The van der Waals surface area contributed by atoms with Gasteiger partial charge in [0.2, 0.25) is 0 Å². The van der Waals surface area contributed by atoms with E-state index in [4.69, 9.17) is 14.2 Å². The second-order valence-corrected chi connectivity index (χ2v) is 18.6. The highest BCUT2D eigenvalue weighted by Crippen LogP contribution is 2.36. The highest BCUT2D eigenvalue weighted by Gasteiger charge is 2.20. The van der Waals surface area contributed by atoms with Crippen molar-refractivity contribution in [3.05, 3.63) is 84.5 Å². The second-order valence-electron chi connectivity index (χ2n) is 18.6. The van der Waals surface area contributed by atoms with Gasteiger partial charge in [-0.25, -0.2) is 0 Å². The maximum absolute atomic E-state index is 13.2. The van der Waals surface area contributed by atoms with Gasteiger partial charge in [-0.15, -0.1) is 0 Å². The quantitative estimate of drug-likeness (QED) is 0.0146. The van der Waals surface area contributed by atoms with Crippen molar-refractivity contribution in [3.63, 3.8) is 0 Å². The first-order chi connectivity index (χ1) is 32.0. The number of carbonyl (C=O) groups is 3. The Balaban J connectivity index is 1.14. The van der Waals surface area contributed by atoms with Crippen LogP contribution in [-0.4, -0.2) is 37.2 Å². The smallest absolute Gasteiger partial charge is 0.306 e. The van der Waals surface area contributed by atoms with Crippen LogP contribution >= 0.6 is 0 Å². The Morgan fingerprint density at radius 3 is 1.32 bits per heavy atom. The summed E-state index contributed by atoms with van der Waals surface area (Å²) in [5.41, 5.74) is 1.20. The molecule has 6 nitrogen and oxygen atoms in total. The summed E-state index contributed by atoms with van der Waals surface area (Å²) in [6, 6.07) is 19.5. The minimum atomic E-state index is -0.840. The second kappa shape index (κ2) is 34.2. The van der Waals surface area contributed by atoms with Crippen molar-refractivity contribution in [3.8, 4) is 0 Å². The Hall–Kier alpha value is -4.19. The number of allylic oxidation sites excluding steroid dienone is 4. The summed E-state index contributed by atoms with van der Waals surface area (Å²) in [4.78, 5) is 38.7. The molecule has 0 bridgehead atoms. The lowest BCUT2D eigenvalue weighted by Gasteiger charge is -2.18. The van der Waals surface area contributed by atoms with Gasteiger partial charge in [-0.1, -0.05) is 195 Å². The minimum absolute atomic E-state index is 0.120. The lowest BCUT2D eigenvalue weighted by Crippen LogP contribution is -2.31. The van der Waals surface area contributed by atoms with Gasteiger partial charge in [0.05, 0.1) is 0 Å². The first-order valence-electron chi connectivity index (χ1n) is 26.5. The van der Waals surface area contributed by atoms with Gasteiger partial charge in [0.15, 0.2) is 6.10 Å². The van der Waals surface area contributed by atoms with Crippen molar-refractivity contribution in [1.29, 1.82) is 0 Å². The molecule has 0 atom stereocenters. The molecule has 0 unspecified atom stereocenters. The van der Waals surface area contributed by atoms with Crippen molar-refractivity contribution in [2.45, 2.75) is 219 Å². The van der Waals surface area contributed by atoms with Gasteiger partial charge >= 0.3 is 17.9 Å². The summed E-state index contributed by atoms with van der Waals surface area (Å²) >= 11 is 0. The van der Waals surface area contributed by atoms with Crippen LogP contribution in [0.25, 0.3) is 32.3 Å². The van der Waals surface area contributed by atoms with Crippen molar-refractivity contribution in [2.75, 3.05) is 13.2 Å². The van der Waals surface area contributed by atoms with Crippen molar-refractivity contribution < 1.29 is 28.6 Å². The summed E-state index contributed by atoms with van der Waals surface area (Å²) in [5, 5.41) is 7.45. The van der Waals surface area contributed by atoms with E-state index in [2.05, 4.69) is 92.7 Å². The number of unbranched alkanes of at least 4 members (excludes halogenated alkanes) is 22. The predicted octanol–water partition coefficient (Wildman–Crippen LogP) is 17.0. The molecule has 0 fully saturated rings. The molecule has 6 heteroatoms. The van der Waals surface area contributed by atoms with Gasteiger partial charge in [-0.3, -0.25) is 14.4 Å². The number of hydrogen-bond donors (Lipinski definition) is 0. The molecule has 4 rings (SSSR count). The molecule has 4 aromatic carbocycles. The fourth-order valence-electron chi connectivity index (χ4n) is 8.99. The highest BCUT2D eigenvalue weighted by atomic mass is 16.6. The highest BCUT2D eigenvalue weighted by molar-refractivity contribution is 6.23. The van der Waals surface area contributed by atoms with E-state index < -0.39 is 6.10 Å². The molecule has 65 heavy (non-hydrogen) atoms.